The van der Waals surface area contributed by atoms with Gasteiger partial charge in [0.05, 0.1) is 26.0 Å². The average Bonchev–Trinajstić information content (AvgIpc) is 3.12. The minimum Gasteiger partial charge on any atom is -0.497 e. The van der Waals surface area contributed by atoms with E-state index in [-0.39, 0.29) is 18.0 Å². The van der Waals surface area contributed by atoms with Gasteiger partial charge in [-0.1, -0.05) is 0 Å². The Bertz CT molecular complexity index is 957. The molecule has 4 rings (SSSR count). The number of aromatic amines is 1. The maximum absolute atomic E-state index is 12.9. The number of nitrogens with zero attached hydrogens (tertiary/aromatic N) is 3. The van der Waals surface area contributed by atoms with Crippen molar-refractivity contribution in [3.63, 3.8) is 0 Å². The van der Waals surface area contributed by atoms with Crippen molar-refractivity contribution in [2.75, 3.05) is 20.2 Å². The van der Waals surface area contributed by atoms with Crippen LogP contribution in [0.1, 0.15) is 23.3 Å². The summed E-state index contributed by atoms with van der Waals surface area (Å²) in [6, 6.07) is 7.59. The number of piperidine rings is 1. The zero-order valence-corrected chi connectivity index (χ0v) is 14.8. The van der Waals surface area contributed by atoms with Crippen LogP contribution in [-0.4, -0.2) is 52.1 Å². The van der Waals surface area contributed by atoms with E-state index in [1.54, 1.807) is 12.0 Å². The Balaban J connectivity index is 1.47. The van der Waals surface area contributed by atoms with E-state index >= 15 is 0 Å². The molecule has 0 saturated carbocycles. The van der Waals surface area contributed by atoms with Crippen molar-refractivity contribution in [3.05, 3.63) is 48.2 Å². The Morgan fingerprint density at radius 3 is 2.89 bits per heavy atom. The summed E-state index contributed by atoms with van der Waals surface area (Å²) in [5.74, 6) is 0.130. The summed E-state index contributed by atoms with van der Waals surface area (Å²) in [4.78, 5) is 25.4. The molecule has 3 heterocycles. The molecule has 1 aromatic carbocycles. The van der Waals surface area contributed by atoms with E-state index in [9.17, 15) is 9.18 Å². The topological polar surface area (TPSA) is 80.3 Å². The minimum atomic E-state index is -0.516. The smallest absolute Gasteiger partial charge is 0.316 e. The van der Waals surface area contributed by atoms with E-state index in [1.165, 1.54) is 0 Å². The van der Waals surface area contributed by atoms with Gasteiger partial charge >= 0.3 is 6.01 Å². The number of aromatic nitrogens is 3. The van der Waals surface area contributed by atoms with Gasteiger partial charge in [-0.15, -0.1) is 0 Å². The first kappa shape index (κ1) is 17.3. The molecule has 1 aliphatic heterocycles. The molecule has 140 valence electrons. The van der Waals surface area contributed by atoms with Gasteiger partial charge in [0.2, 0.25) is 0 Å². The Morgan fingerprint density at radius 2 is 2.11 bits per heavy atom. The lowest BCUT2D eigenvalue weighted by Crippen LogP contribution is -2.44. The minimum absolute atomic E-state index is 0.0847. The van der Waals surface area contributed by atoms with Crippen LogP contribution in [0, 0.1) is 5.82 Å². The average molecular weight is 370 g/mol. The molecule has 27 heavy (non-hydrogen) atoms. The van der Waals surface area contributed by atoms with Gasteiger partial charge in [-0.05, 0) is 31.0 Å². The van der Waals surface area contributed by atoms with Crippen molar-refractivity contribution < 1.29 is 18.7 Å². The van der Waals surface area contributed by atoms with Gasteiger partial charge in [0.15, 0.2) is 5.82 Å². The van der Waals surface area contributed by atoms with Gasteiger partial charge in [0.25, 0.3) is 5.91 Å². The van der Waals surface area contributed by atoms with E-state index in [0.29, 0.717) is 18.8 Å². The zero-order chi connectivity index (χ0) is 18.8. The van der Waals surface area contributed by atoms with E-state index in [0.717, 1.165) is 41.9 Å². The van der Waals surface area contributed by atoms with Crippen LogP contribution in [0.4, 0.5) is 4.39 Å². The number of amides is 1. The fourth-order valence-corrected chi connectivity index (χ4v) is 3.25. The van der Waals surface area contributed by atoms with Crippen molar-refractivity contribution in [1.82, 2.24) is 19.9 Å². The predicted octanol–water partition coefficient (Wildman–Crippen LogP) is 2.79. The van der Waals surface area contributed by atoms with Crippen molar-refractivity contribution in [2.45, 2.75) is 18.9 Å². The monoisotopic (exact) mass is 370 g/mol. The number of methoxy groups -OCH3 is 1. The summed E-state index contributed by atoms with van der Waals surface area (Å²) < 4.78 is 23.8. The lowest BCUT2D eigenvalue weighted by Gasteiger charge is -2.32. The normalized spacial score (nSPS) is 17.1. The molecule has 2 aromatic heterocycles. The van der Waals surface area contributed by atoms with Crippen molar-refractivity contribution in [2.24, 2.45) is 0 Å². The van der Waals surface area contributed by atoms with Crippen LogP contribution in [0.2, 0.25) is 0 Å². The van der Waals surface area contributed by atoms with Gasteiger partial charge in [-0.25, -0.2) is 14.4 Å². The molecule has 7 nitrogen and oxygen atoms in total. The number of hydrogen-bond acceptors (Lipinski definition) is 5. The van der Waals surface area contributed by atoms with E-state index < -0.39 is 5.82 Å². The van der Waals surface area contributed by atoms with Crippen LogP contribution in [0.3, 0.4) is 0 Å². The molecular weight excluding hydrogens is 351 g/mol. The van der Waals surface area contributed by atoms with Gasteiger partial charge in [0.1, 0.15) is 17.5 Å². The predicted molar refractivity (Wildman–Crippen MR) is 96.4 cm³/mol. The third-order valence-electron chi connectivity index (χ3n) is 4.59. The van der Waals surface area contributed by atoms with Gasteiger partial charge in [0, 0.05) is 23.5 Å². The number of likely N-dealkylation sites (tertiary alicyclic amines) is 1. The molecule has 0 radical (unpaired) electrons. The van der Waals surface area contributed by atoms with Crippen molar-refractivity contribution in [1.29, 1.82) is 0 Å². The molecule has 1 atom stereocenters. The molecular formula is C19H19FN4O3. The molecule has 1 saturated heterocycles. The van der Waals surface area contributed by atoms with Crippen LogP contribution in [0.5, 0.6) is 11.8 Å². The standard InChI is InChI=1S/C19H19FN4O3/c1-26-14-5-4-12-7-17(23-16(12)8-14)18(25)24-6-2-3-15(11-24)27-19-21-9-13(20)10-22-19/h4-5,7-10,15,23H,2-3,6,11H2,1H3. The third-order valence-corrected chi connectivity index (χ3v) is 4.59. The molecule has 1 fully saturated rings. The molecule has 1 N–H and O–H groups in total. The van der Waals surface area contributed by atoms with Crippen LogP contribution >= 0.6 is 0 Å². The fourth-order valence-electron chi connectivity index (χ4n) is 3.25. The Labute approximate surface area is 155 Å². The lowest BCUT2D eigenvalue weighted by atomic mass is 10.1. The molecule has 3 aromatic rings. The first-order valence-electron chi connectivity index (χ1n) is 8.72. The van der Waals surface area contributed by atoms with Gasteiger partial charge in [-0.2, -0.15) is 0 Å². The second kappa shape index (κ2) is 7.22. The highest BCUT2D eigenvalue weighted by molar-refractivity contribution is 5.98. The summed E-state index contributed by atoms with van der Waals surface area (Å²) in [7, 11) is 1.61. The van der Waals surface area contributed by atoms with Crippen molar-refractivity contribution in [3.8, 4) is 11.8 Å². The van der Waals surface area contributed by atoms with Crippen LogP contribution < -0.4 is 9.47 Å². The SMILES string of the molecule is COc1ccc2cc(C(=O)N3CCCC(Oc4ncc(F)cn4)C3)[nH]c2c1. The Morgan fingerprint density at radius 1 is 1.30 bits per heavy atom. The molecule has 0 spiro atoms. The first-order chi connectivity index (χ1) is 13.1. The van der Waals surface area contributed by atoms with E-state index in [2.05, 4.69) is 15.0 Å². The molecule has 0 bridgehead atoms. The number of nitrogens with one attached hydrogen (secondary N) is 1. The van der Waals surface area contributed by atoms with E-state index in [1.807, 2.05) is 24.3 Å². The summed E-state index contributed by atoms with van der Waals surface area (Å²) in [6.45, 7) is 1.08. The van der Waals surface area contributed by atoms with Crippen LogP contribution in [0.15, 0.2) is 36.7 Å². The summed E-state index contributed by atoms with van der Waals surface area (Å²) in [5.41, 5.74) is 1.37. The lowest BCUT2D eigenvalue weighted by molar-refractivity contribution is 0.0511. The molecule has 1 unspecified atom stereocenters. The number of fused-ring (bicyclic) bond motifs is 1. The second-order valence-corrected chi connectivity index (χ2v) is 6.45. The maximum atomic E-state index is 12.9. The number of H-pyrrole nitrogens is 1. The highest BCUT2D eigenvalue weighted by Crippen LogP contribution is 2.23. The first-order valence-corrected chi connectivity index (χ1v) is 8.72. The van der Waals surface area contributed by atoms with E-state index in [4.69, 9.17) is 9.47 Å². The quantitative estimate of drug-likeness (QED) is 0.764. The summed E-state index contributed by atoms with van der Waals surface area (Å²) in [5, 5.41) is 0.948. The Kier molecular flexibility index (Phi) is 4.62. The third kappa shape index (κ3) is 3.69. The number of hydrogen-bond donors (Lipinski definition) is 1. The molecule has 0 aliphatic carbocycles. The van der Waals surface area contributed by atoms with Crippen LogP contribution in [-0.2, 0) is 0 Å². The van der Waals surface area contributed by atoms with Crippen molar-refractivity contribution >= 4 is 16.8 Å². The largest absolute Gasteiger partial charge is 0.497 e. The number of benzene rings is 1. The molecule has 8 heteroatoms. The summed E-state index contributed by atoms with van der Waals surface area (Å²) >= 11 is 0. The number of ether oxygens (including phenoxy) is 2. The Hall–Kier alpha value is -3.16. The number of carbonyl (C=O) groups is 1. The highest BCUT2D eigenvalue weighted by atomic mass is 19.1. The van der Waals surface area contributed by atoms with Crippen LogP contribution in [0.25, 0.3) is 10.9 Å². The van der Waals surface area contributed by atoms with Gasteiger partial charge < -0.3 is 19.4 Å². The zero-order valence-electron chi connectivity index (χ0n) is 14.8. The molecule has 1 aliphatic rings. The maximum Gasteiger partial charge on any atom is 0.316 e. The fraction of sp³-hybridized carbons (Fsp3) is 0.316. The number of rotatable bonds is 4. The summed E-state index contributed by atoms with van der Waals surface area (Å²) in [6.07, 6.45) is 3.50. The number of carbonyl (C=O) groups excluding carboxylic acids is 1. The highest BCUT2D eigenvalue weighted by Gasteiger charge is 2.27. The second-order valence-electron chi connectivity index (χ2n) is 6.45. The number of halogens is 1. The molecule has 1 amide bonds. The van der Waals surface area contributed by atoms with Gasteiger partial charge in [-0.3, -0.25) is 4.79 Å².